The summed E-state index contributed by atoms with van der Waals surface area (Å²) in [7, 11) is 0. The lowest BCUT2D eigenvalue weighted by Gasteiger charge is -1.89. The highest BCUT2D eigenvalue weighted by molar-refractivity contribution is 5.10. The van der Waals surface area contributed by atoms with Crippen LogP contribution < -0.4 is 0 Å². The lowest BCUT2D eigenvalue weighted by molar-refractivity contribution is 1.17. The standard InChI is InChI=1S/C7H9N.C6H7N.2C2H6/c1-6-3-4-7(2)8-5-6;1-6-4-2-3-5-7-6;2*1-2/h3-5H,1-2H3;2-5H,1H3;2*1-2H3. The molecule has 0 saturated carbocycles. The van der Waals surface area contributed by atoms with Crippen molar-refractivity contribution in [1.29, 1.82) is 0 Å². The van der Waals surface area contributed by atoms with Crippen molar-refractivity contribution < 1.29 is 0 Å². The Hall–Kier alpha value is -1.70. The van der Waals surface area contributed by atoms with Crippen molar-refractivity contribution in [3.05, 3.63) is 59.7 Å². The maximum absolute atomic E-state index is 4.08. The van der Waals surface area contributed by atoms with Gasteiger partial charge in [-0.05, 0) is 44.5 Å². The van der Waals surface area contributed by atoms with Crippen LogP contribution in [0.2, 0.25) is 0 Å². The molecule has 0 unspecified atom stereocenters. The van der Waals surface area contributed by atoms with E-state index in [2.05, 4.69) is 16.0 Å². The molecule has 2 heteroatoms. The smallest absolute Gasteiger partial charge is 0.0372 e. The fourth-order valence-electron chi connectivity index (χ4n) is 0.990. The number of nitrogens with zero attached hydrogens (tertiary/aromatic N) is 2. The predicted molar refractivity (Wildman–Crippen MR) is 85.4 cm³/mol. The average molecular weight is 260 g/mol. The molecular formula is C17H28N2. The van der Waals surface area contributed by atoms with Crippen LogP contribution in [-0.2, 0) is 0 Å². The van der Waals surface area contributed by atoms with Crippen LogP contribution in [0.15, 0.2) is 42.7 Å². The van der Waals surface area contributed by atoms with Crippen LogP contribution in [0.3, 0.4) is 0 Å². The van der Waals surface area contributed by atoms with Gasteiger partial charge in [0.15, 0.2) is 0 Å². The van der Waals surface area contributed by atoms with E-state index in [4.69, 9.17) is 0 Å². The summed E-state index contributed by atoms with van der Waals surface area (Å²) in [6, 6.07) is 9.92. The first kappa shape index (κ1) is 19.6. The summed E-state index contributed by atoms with van der Waals surface area (Å²) < 4.78 is 0. The van der Waals surface area contributed by atoms with Crippen molar-refractivity contribution in [1.82, 2.24) is 9.97 Å². The molecule has 0 aliphatic rings. The van der Waals surface area contributed by atoms with Crippen LogP contribution in [0, 0.1) is 20.8 Å². The van der Waals surface area contributed by atoms with Gasteiger partial charge in [-0.2, -0.15) is 0 Å². The molecule has 0 aromatic carbocycles. The van der Waals surface area contributed by atoms with Gasteiger partial charge in [0, 0.05) is 23.8 Å². The topological polar surface area (TPSA) is 25.8 Å². The highest BCUT2D eigenvalue weighted by Crippen LogP contribution is 1.94. The Balaban J connectivity index is 0. The first-order chi connectivity index (χ1) is 9.18. The second-order valence-corrected chi connectivity index (χ2v) is 3.45. The van der Waals surface area contributed by atoms with E-state index in [0.29, 0.717) is 0 Å². The summed E-state index contributed by atoms with van der Waals surface area (Å²) in [4.78, 5) is 8.06. The van der Waals surface area contributed by atoms with Crippen molar-refractivity contribution in [2.45, 2.75) is 48.5 Å². The third-order valence-corrected chi connectivity index (χ3v) is 1.87. The van der Waals surface area contributed by atoms with Crippen molar-refractivity contribution in [3.63, 3.8) is 0 Å². The molecule has 0 aliphatic carbocycles. The quantitative estimate of drug-likeness (QED) is 0.655. The Morgan fingerprint density at radius 3 is 1.53 bits per heavy atom. The van der Waals surface area contributed by atoms with E-state index in [9.17, 15) is 0 Å². The molecule has 2 aromatic rings. The minimum atomic E-state index is 1.07. The van der Waals surface area contributed by atoms with Crippen LogP contribution in [0.1, 0.15) is 44.6 Å². The van der Waals surface area contributed by atoms with Crippen molar-refractivity contribution >= 4 is 0 Å². The van der Waals surface area contributed by atoms with Crippen LogP contribution in [0.5, 0.6) is 0 Å². The van der Waals surface area contributed by atoms with Crippen LogP contribution in [-0.4, -0.2) is 9.97 Å². The Morgan fingerprint density at radius 1 is 0.684 bits per heavy atom. The minimum absolute atomic E-state index is 1.07. The Morgan fingerprint density at radius 2 is 1.26 bits per heavy atom. The molecule has 2 nitrogen and oxygen atoms in total. The van der Waals surface area contributed by atoms with Crippen LogP contribution >= 0.6 is 0 Å². The van der Waals surface area contributed by atoms with E-state index in [1.54, 1.807) is 6.20 Å². The molecule has 19 heavy (non-hydrogen) atoms. The van der Waals surface area contributed by atoms with Gasteiger partial charge in [-0.15, -0.1) is 0 Å². The zero-order valence-corrected chi connectivity index (χ0v) is 13.4. The maximum Gasteiger partial charge on any atom is 0.0372 e. The second kappa shape index (κ2) is 14.4. The molecule has 0 amide bonds. The SMILES string of the molecule is CC.CC.Cc1ccc(C)nc1.Cc1ccccn1. The van der Waals surface area contributed by atoms with Crippen LogP contribution in [0.4, 0.5) is 0 Å². The van der Waals surface area contributed by atoms with Crippen molar-refractivity contribution in [3.8, 4) is 0 Å². The molecule has 2 rings (SSSR count). The lowest BCUT2D eigenvalue weighted by atomic mass is 10.3. The molecule has 0 aliphatic heterocycles. The number of hydrogen-bond donors (Lipinski definition) is 0. The molecule has 106 valence electrons. The molecule has 2 heterocycles. The highest BCUT2D eigenvalue weighted by atomic mass is 14.6. The molecule has 2 aromatic heterocycles. The fraction of sp³-hybridized carbons (Fsp3) is 0.412. The predicted octanol–water partition coefficient (Wildman–Crippen LogP) is 5.14. The van der Waals surface area contributed by atoms with Gasteiger partial charge in [0.2, 0.25) is 0 Å². The molecule has 0 spiro atoms. The number of pyridine rings is 2. The number of aryl methyl sites for hydroxylation is 3. The summed E-state index contributed by atoms with van der Waals surface area (Å²) in [6.07, 6.45) is 3.66. The largest absolute Gasteiger partial charge is 0.262 e. The Labute approximate surface area is 118 Å². The molecule has 0 saturated heterocycles. The molecule has 0 fully saturated rings. The van der Waals surface area contributed by atoms with E-state index >= 15 is 0 Å². The first-order valence-electron chi connectivity index (χ1n) is 6.95. The van der Waals surface area contributed by atoms with Gasteiger partial charge >= 0.3 is 0 Å². The number of aromatic nitrogens is 2. The zero-order valence-electron chi connectivity index (χ0n) is 13.4. The summed E-state index contributed by atoms with van der Waals surface area (Å²) in [5.74, 6) is 0. The van der Waals surface area contributed by atoms with E-state index in [0.717, 1.165) is 11.4 Å². The van der Waals surface area contributed by atoms with Gasteiger partial charge in [-0.1, -0.05) is 39.8 Å². The van der Waals surface area contributed by atoms with E-state index in [1.165, 1.54) is 5.56 Å². The summed E-state index contributed by atoms with van der Waals surface area (Å²) in [6.45, 7) is 14.0. The minimum Gasteiger partial charge on any atom is -0.262 e. The summed E-state index contributed by atoms with van der Waals surface area (Å²) >= 11 is 0. The zero-order chi connectivity index (χ0) is 15.1. The van der Waals surface area contributed by atoms with Gasteiger partial charge in [-0.3, -0.25) is 9.97 Å². The first-order valence-corrected chi connectivity index (χ1v) is 6.95. The van der Waals surface area contributed by atoms with Gasteiger partial charge in [-0.25, -0.2) is 0 Å². The third kappa shape index (κ3) is 12.5. The lowest BCUT2D eigenvalue weighted by Crippen LogP contribution is -1.78. The van der Waals surface area contributed by atoms with Gasteiger partial charge in [0.05, 0.1) is 0 Å². The van der Waals surface area contributed by atoms with E-state index in [1.807, 2.05) is 78.9 Å². The molecule has 0 radical (unpaired) electrons. The van der Waals surface area contributed by atoms with E-state index < -0.39 is 0 Å². The molecule has 0 N–H and O–H groups in total. The summed E-state index contributed by atoms with van der Waals surface area (Å²) in [5.41, 5.74) is 3.37. The number of rotatable bonds is 0. The second-order valence-electron chi connectivity index (χ2n) is 3.45. The molecular weight excluding hydrogens is 232 g/mol. The highest BCUT2D eigenvalue weighted by Gasteiger charge is 1.81. The normalized spacial score (nSPS) is 7.74. The summed E-state index contributed by atoms with van der Waals surface area (Å²) in [5, 5.41) is 0. The number of hydrogen-bond acceptors (Lipinski definition) is 2. The van der Waals surface area contributed by atoms with Gasteiger partial charge in [0.25, 0.3) is 0 Å². The van der Waals surface area contributed by atoms with E-state index in [-0.39, 0.29) is 0 Å². The van der Waals surface area contributed by atoms with Crippen LogP contribution in [0.25, 0.3) is 0 Å². The van der Waals surface area contributed by atoms with Crippen molar-refractivity contribution in [2.75, 3.05) is 0 Å². The maximum atomic E-state index is 4.08. The van der Waals surface area contributed by atoms with Gasteiger partial charge < -0.3 is 0 Å². The molecule has 0 atom stereocenters. The average Bonchev–Trinajstić information content (AvgIpc) is 2.48. The Bertz CT molecular complexity index is 359. The Kier molecular flexibility index (Phi) is 14.8. The van der Waals surface area contributed by atoms with Gasteiger partial charge in [0.1, 0.15) is 0 Å². The molecule has 0 bridgehead atoms. The monoisotopic (exact) mass is 260 g/mol. The van der Waals surface area contributed by atoms with Crippen molar-refractivity contribution in [2.24, 2.45) is 0 Å². The fourth-order valence-corrected chi connectivity index (χ4v) is 0.990. The third-order valence-electron chi connectivity index (χ3n) is 1.87.